The van der Waals surface area contributed by atoms with Crippen molar-refractivity contribution in [2.75, 3.05) is 0 Å². The Hall–Kier alpha value is -1.05. The molecule has 0 fully saturated rings. The van der Waals surface area contributed by atoms with Gasteiger partial charge in [0.15, 0.2) is 0 Å². The first-order chi connectivity index (χ1) is 6.86. The van der Waals surface area contributed by atoms with Crippen molar-refractivity contribution in [3.05, 3.63) is 24.4 Å². The zero-order valence-electron chi connectivity index (χ0n) is 8.96. The summed E-state index contributed by atoms with van der Waals surface area (Å²) in [5.74, 6) is 1.62. The third-order valence-corrected chi connectivity index (χ3v) is 2.27. The van der Waals surface area contributed by atoms with E-state index in [1.807, 2.05) is 0 Å². The van der Waals surface area contributed by atoms with Gasteiger partial charge in [0.05, 0.1) is 6.20 Å². The van der Waals surface area contributed by atoms with E-state index in [0.717, 1.165) is 12.2 Å². The molecule has 0 aliphatic heterocycles. The van der Waals surface area contributed by atoms with Gasteiger partial charge < -0.3 is 4.42 Å². The van der Waals surface area contributed by atoms with Crippen molar-refractivity contribution in [3.8, 4) is 0 Å². The number of unbranched alkanes of at least 4 members (excludes halogenated alkanes) is 4. The summed E-state index contributed by atoms with van der Waals surface area (Å²) in [6.45, 7) is 5.84. The third kappa shape index (κ3) is 3.77. The Bertz CT molecular complexity index is 265. The lowest BCUT2D eigenvalue weighted by Gasteiger charge is -1.97. The van der Waals surface area contributed by atoms with Crippen molar-refractivity contribution in [2.24, 2.45) is 0 Å². The Balaban J connectivity index is 2.14. The van der Waals surface area contributed by atoms with Crippen molar-refractivity contribution >= 4 is 6.08 Å². The van der Waals surface area contributed by atoms with Crippen LogP contribution in [0.2, 0.25) is 0 Å². The second kappa shape index (κ2) is 6.41. The van der Waals surface area contributed by atoms with Crippen LogP contribution in [-0.2, 0) is 6.42 Å². The maximum absolute atomic E-state index is 5.41. The van der Waals surface area contributed by atoms with Crippen LogP contribution in [0.25, 0.3) is 6.08 Å². The Kier molecular flexibility index (Phi) is 5.05. The molecule has 78 valence electrons. The van der Waals surface area contributed by atoms with Crippen LogP contribution in [0.15, 0.2) is 17.2 Å². The maximum Gasteiger partial charge on any atom is 0.218 e. The monoisotopic (exact) mass is 193 g/mol. The first-order valence-corrected chi connectivity index (χ1v) is 5.44. The quantitative estimate of drug-likeness (QED) is 0.615. The van der Waals surface area contributed by atoms with Crippen molar-refractivity contribution < 1.29 is 4.42 Å². The van der Waals surface area contributed by atoms with Gasteiger partial charge in [0.2, 0.25) is 5.89 Å². The minimum absolute atomic E-state index is 0.633. The van der Waals surface area contributed by atoms with E-state index in [0.29, 0.717) is 5.89 Å². The third-order valence-electron chi connectivity index (χ3n) is 2.27. The molecule has 0 unspecified atom stereocenters. The minimum atomic E-state index is 0.633. The van der Waals surface area contributed by atoms with E-state index in [2.05, 4.69) is 18.5 Å². The highest BCUT2D eigenvalue weighted by atomic mass is 16.4. The standard InChI is InChI=1S/C12H19NO/c1-3-5-6-7-8-9-11-10-13-12(4-2)14-11/h4,10H,2-3,5-9H2,1H3. The molecule has 0 bridgehead atoms. The molecule has 0 aliphatic rings. The van der Waals surface area contributed by atoms with Crippen LogP contribution in [0.1, 0.15) is 50.7 Å². The zero-order chi connectivity index (χ0) is 10.2. The number of hydrogen-bond donors (Lipinski definition) is 0. The van der Waals surface area contributed by atoms with E-state index in [-0.39, 0.29) is 0 Å². The smallest absolute Gasteiger partial charge is 0.218 e. The lowest BCUT2D eigenvalue weighted by Crippen LogP contribution is -1.82. The van der Waals surface area contributed by atoms with Gasteiger partial charge in [0.1, 0.15) is 5.76 Å². The summed E-state index contributed by atoms with van der Waals surface area (Å²) in [5.41, 5.74) is 0. The van der Waals surface area contributed by atoms with E-state index in [1.54, 1.807) is 12.3 Å². The highest BCUT2D eigenvalue weighted by Gasteiger charge is 1.99. The fourth-order valence-electron chi connectivity index (χ4n) is 1.44. The van der Waals surface area contributed by atoms with Gasteiger partial charge in [-0.15, -0.1) is 0 Å². The number of oxazole rings is 1. The van der Waals surface area contributed by atoms with Crippen LogP contribution >= 0.6 is 0 Å². The topological polar surface area (TPSA) is 26.0 Å². The molecule has 1 aromatic heterocycles. The Morgan fingerprint density at radius 1 is 1.36 bits per heavy atom. The molecule has 2 nitrogen and oxygen atoms in total. The maximum atomic E-state index is 5.41. The predicted molar refractivity (Wildman–Crippen MR) is 59.1 cm³/mol. The summed E-state index contributed by atoms with van der Waals surface area (Å²) in [6, 6.07) is 0. The van der Waals surface area contributed by atoms with E-state index in [9.17, 15) is 0 Å². The molecule has 1 heterocycles. The van der Waals surface area contributed by atoms with Gasteiger partial charge in [-0.3, -0.25) is 0 Å². The predicted octanol–water partition coefficient (Wildman–Crippen LogP) is 3.83. The number of hydrogen-bond acceptors (Lipinski definition) is 2. The van der Waals surface area contributed by atoms with E-state index in [1.165, 1.54) is 32.1 Å². The normalized spacial score (nSPS) is 10.4. The highest BCUT2D eigenvalue weighted by molar-refractivity contribution is 5.33. The molecule has 0 aromatic carbocycles. The van der Waals surface area contributed by atoms with Crippen molar-refractivity contribution in [1.29, 1.82) is 0 Å². The zero-order valence-corrected chi connectivity index (χ0v) is 8.96. The average Bonchev–Trinajstić information content (AvgIpc) is 2.65. The van der Waals surface area contributed by atoms with E-state index >= 15 is 0 Å². The Labute approximate surface area is 86.0 Å². The first kappa shape index (κ1) is 11.0. The molecule has 0 spiro atoms. The van der Waals surface area contributed by atoms with E-state index in [4.69, 9.17) is 4.42 Å². The van der Waals surface area contributed by atoms with Gasteiger partial charge in [0, 0.05) is 6.42 Å². The molecule has 0 radical (unpaired) electrons. The van der Waals surface area contributed by atoms with Crippen LogP contribution in [0, 0.1) is 0 Å². The van der Waals surface area contributed by atoms with Crippen LogP contribution in [0.3, 0.4) is 0 Å². The largest absolute Gasteiger partial charge is 0.442 e. The molecule has 1 aromatic rings. The fourth-order valence-corrected chi connectivity index (χ4v) is 1.44. The van der Waals surface area contributed by atoms with Gasteiger partial charge in [-0.2, -0.15) is 0 Å². The second-order valence-corrected chi connectivity index (χ2v) is 3.53. The number of aryl methyl sites for hydroxylation is 1. The van der Waals surface area contributed by atoms with Crippen molar-refractivity contribution in [3.63, 3.8) is 0 Å². The number of aromatic nitrogens is 1. The highest BCUT2D eigenvalue weighted by Crippen LogP contribution is 2.10. The summed E-state index contributed by atoms with van der Waals surface area (Å²) >= 11 is 0. The van der Waals surface area contributed by atoms with Gasteiger partial charge >= 0.3 is 0 Å². The molecule has 0 atom stereocenters. The molecule has 0 N–H and O–H groups in total. The number of nitrogens with zero attached hydrogens (tertiary/aromatic N) is 1. The van der Waals surface area contributed by atoms with E-state index < -0.39 is 0 Å². The fraction of sp³-hybridized carbons (Fsp3) is 0.583. The molecule has 0 aliphatic carbocycles. The molecule has 14 heavy (non-hydrogen) atoms. The van der Waals surface area contributed by atoms with Gasteiger partial charge in [-0.05, 0) is 12.5 Å². The lowest BCUT2D eigenvalue weighted by atomic mass is 10.1. The molecule has 0 saturated heterocycles. The molecular formula is C12H19NO. The van der Waals surface area contributed by atoms with Crippen molar-refractivity contribution in [1.82, 2.24) is 4.98 Å². The SMILES string of the molecule is C=Cc1ncc(CCCCCCC)o1. The molecule has 0 saturated carbocycles. The number of rotatable bonds is 7. The molecule has 1 rings (SSSR count). The molecule has 2 heteroatoms. The lowest BCUT2D eigenvalue weighted by molar-refractivity contribution is 0.481. The second-order valence-electron chi connectivity index (χ2n) is 3.53. The summed E-state index contributed by atoms with van der Waals surface area (Å²) < 4.78 is 5.41. The Morgan fingerprint density at radius 3 is 2.79 bits per heavy atom. The minimum Gasteiger partial charge on any atom is -0.442 e. The van der Waals surface area contributed by atoms with Crippen LogP contribution in [0.4, 0.5) is 0 Å². The summed E-state index contributed by atoms with van der Waals surface area (Å²) in [6.07, 6.45) is 10.9. The summed E-state index contributed by atoms with van der Waals surface area (Å²) in [5, 5.41) is 0. The van der Waals surface area contributed by atoms with Gasteiger partial charge in [-0.1, -0.05) is 39.2 Å². The first-order valence-electron chi connectivity index (χ1n) is 5.44. The summed E-state index contributed by atoms with van der Waals surface area (Å²) in [7, 11) is 0. The van der Waals surface area contributed by atoms with Gasteiger partial charge in [-0.25, -0.2) is 4.98 Å². The van der Waals surface area contributed by atoms with Crippen LogP contribution < -0.4 is 0 Å². The molecule has 0 amide bonds. The Morgan fingerprint density at radius 2 is 2.14 bits per heavy atom. The van der Waals surface area contributed by atoms with Crippen molar-refractivity contribution in [2.45, 2.75) is 45.4 Å². The average molecular weight is 193 g/mol. The van der Waals surface area contributed by atoms with Crippen LogP contribution in [0.5, 0.6) is 0 Å². The van der Waals surface area contributed by atoms with Gasteiger partial charge in [0.25, 0.3) is 0 Å². The molecular weight excluding hydrogens is 174 g/mol. The summed E-state index contributed by atoms with van der Waals surface area (Å²) in [4.78, 5) is 4.07. The van der Waals surface area contributed by atoms with Crippen LogP contribution in [-0.4, -0.2) is 4.98 Å².